The van der Waals surface area contributed by atoms with E-state index in [9.17, 15) is 0 Å². The van der Waals surface area contributed by atoms with Crippen molar-refractivity contribution >= 4 is 12.4 Å². The number of aryl methyl sites for hydroxylation is 1. The van der Waals surface area contributed by atoms with Crippen molar-refractivity contribution in [3.05, 3.63) is 29.6 Å². The molecular formula is C13H24ClN3. The zero-order valence-electron chi connectivity index (χ0n) is 11.2. The first-order valence-electron chi connectivity index (χ1n) is 5.74. The summed E-state index contributed by atoms with van der Waals surface area (Å²) in [5.41, 5.74) is 8.30. The van der Waals surface area contributed by atoms with Crippen molar-refractivity contribution < 1.29 is 0 Å². The second kappa shape index (κ2) is 6.94. The van der Waals surface area contributed by atoms with Crippen molar-refractivity contribution in [2.45, 2.75) is 27.3 Å². The third-order valence-electron chi connectivity index (χ3n) is 2.79. The Morgan fingerprint density at radius 2 is 2.06 bits per heavy atom. The summed E-state index contributed by atoms with van der Waals surface area (Å²) in [6, 6.07) is 4.08. The minimum absolute atomic E-state index is 0. The summed E-state index contributed by atoms with van der Waals surface area (Å²) in [5, 5.41) is 0. The fraction of sp³-hybridized carbons (Fsp3) is 0.615. The van der Waals surface area contributed by atoms with Gasteiger partial charge in [0.25, 0.3) is 0 Å². The first-order valence-corrected chi connectivity index (χ1v) is 5.74. The van der Waals surface area contributed by atoms with Crippen LogP contribution in [0, 0.1) is 12.3 Å². The number of aromatic nitrogens is 1. The van der Waals surface area contributed by atoms with Crippen molar-refractivity contribution in [3.63, 3.8) is 0 Å². The van der Waals surface area contributed by atoms with Crippen molar-refractivity contribution in [1.29, 1.82) is 0 Å². The summed E-state index contributed by atoms with van der Waals surface area (Å²) in [6.45, 7) is 9.06. The third kappa shape index (κ3) is 5.48. The molecule has 0 aliphatic heterocycles. The normalized spacial score (nSPS) is 11.4. The number of nitrogens with two attached hydrogens (primary N) is 1. The fourth-order valence-electron chi connectivity index (χ4n) is 1.79. The summed E-state index contributed by atoms with van der Waals surface area (Å²) in [5.74, 6) is 0. The van der Waals surface area contributed by atoms with Gasteiger partial charge >= 0.3 is 0 Å². The lowest BCUT2D eigenvalue weighted by Gasteiger charge is -2.29. The molecule has 0 amide bonds. The van der Waals surface area contributed by atoms with Crippen molar-refractivity contribution in [2.24, 2.45) is 11.1 Å². The number of hydrogen-bond acceptors (Lipinski definition) is 3. The van der Waals surface area contributed by atoms with E-state index in [1.54, 1.807) is 0 Å². The van der Waals surface area contributed by atoms with Gasteiger partial charge in [0.05, 0.1) is 5.69 Å². The van der Waals surface area contributed by atoms with Crippen molar-refractivity contribution in [2.75, 3.05) is 20.1 Å². The highest BCUT2D eigenvalue weighted by atomic mass is 35.5. The molecule has 1 aromatic heterocycles. The molecule has 2 N–H and O–H groups in total. The van der Waals surface area contributed by atoms with Crippen LogP contribution in [-0.4, -0.2) is 30.0 Å². The molecule has 98 valence electrons. The summed E-state index contributed by atoms with van der Waals surface area (Å²) < 4.78 is 0. The first-order chi connectivity index (χ1) is 7.44. The summed E-state index contributed by atoms with van der Waals surface area (Å²) in [6.07, 6.45) is 1.85. The van der Waals surface area contributed by atoms with E-state index in [0.29, 0.717) is 6.54 Å². The van der Waals surface area contributed by atoms with Crippen LogP contribution in [0.4, 0.5) is 0 Å². The Bertz CT molecular complexity index is 339. The van der Waals surface area contributed by atoms with Crippen LogP contribution in [0.15, 0.2) is 18.3 Å². The molecule has 0 saturated heterocycles. The van der Waals surface area contributed by atoms with Crippen LogP contribution in [0.25, 0.3) is 0 Å². The van der Waals surface area contributed by atoms with E-state index >= 15 is 0 Å². The lowest BCUT2D eigenvalue weighted by atomic mass is 9.93. The molecule has 0 saturated carbocycles. The first kappa shape index (κ1) is 16.4. The van der Waals surface area contributed by atoms with Crippen molar-refractivity contribution in [1.82, 2.24) is 9.88 Å². The highest BCUT2D eigenvalue weighted by Crippen LogP contribution is 2.15. The smallest absolute Gasteiger partial charge is 0.0572 e. The van der Waals surface area contributed by atoms with E-state index in [4.69, 9.17) is 5.73 Å². The molecule has 1 aromatic rings. The highest BCUT2D eigenvalue weighted by molar-refractivity contribution is 5.85. The Balaban J connectivity index is 0.00000256. The monoisotopic (exact) mass is 257 g/mol. The fourth-order valence-corrected chi connectivity index (χ4v) is 1.79. The predicted octanol–water partition coefficient (Wildman–Crippen LogP) is 2.23. The van der Waals surface area contributed by atoms with Crippen LogP contribution >= 0.6 is 12.4 Å². The van der Waals surface area contributed by atoms with E-state index in [1.807, 2.05) is 12.3 Å². The summed E-state index contributed by atoms with van der Waals surface area (Å²) >= 11 is 0. The number of nitrogens with zero attached hydrogens (tertiary/aromatic N) is 2. The number of pyridine rings is 1. The van der Waals surface area contributed by atoms with E-state index in [-0.39, 0.29) is 17.8 Å². The van der Waals surface area contributed by atoms with Gasteiger partial charge in [0.15, 0.2) is 0 Å². The number of rotatable bonds is 5. The summed E-state index contributed by atoms with van der Waals surface area (Å²) in [4.78, 5) is 6.68. The van der Waals surface area contributed by atoms with Gasteiger partial charge in [-0.15, -0.1) is 12.4 Å². The molecule has 0 fully saturated rings. The van der Waals surface area contributed by atoms with Gasteiger partial charge < -0.3 is 5.73 Å². The Morgan fingerprint density at radius 3 is 2.59 bits per heavy atom. The van der Waals surface area contributed by atoms with Gasteiger partial charge in [-0.05, 0) is 37.6 Å². The number of hydrogen-bond donors (Lipinski definition) is 1. The van der Waals surface area contributed by atoms with Crippen molar-refractivity contribution in [3.8, 4) is 0 Å². The second-order valence-electron chi connectivity index (χ2n) is 5.31. The van der Waals surface area contributed by atoms with Crippen LogP contribution in [0.5, 0.6) is 0 Å². The molecule has 1 heterocycles. The van der Waals surface area contributed by atoms with Crippen LogP contribution in [0.3, 0.4) is 0 Å². The van der Waals surface area contributed by atoms with Crippen LogP contribution in [0.2, 0.25) is 0 Å². The zero-order valence-corrected chi connectivity index (χ0v) is 12.0. The van der Waals surface area contributed by atoms with E-state index < -0.39 is 0 Å². The molecular weight excluding hydrogens is 234 g/mol. The van der Waals surface area contributed by atoms with Crippen LogP contribution in [0.1, 0.15) is 25.1 Å². The molecule has 0 aromatic carbocycles. The predicted molar refractivity (Wildman–Crippen MR) is 75.4 cm³/mol. The lowest BCUT2D eigenvalue weighted by Crippen LogP contribution is -2.36. The molecule has 0 radical (unpaired) electrons. The Kier molecular flexibility index (Phi) is 6.68. The molecule has 0 unspecified atom stereocenters. The van der Waals surface area contributed by atoms with Gasteiger partial charge in [-0.1, -0.05) is 19.9 Å². The molecule has 4 heteroatoms. The summed E-state index contributed by atoms with van der Waals surface area (Å²) in [7, 11) is 2.12. The van der Waals surface area contributed by atoms with Gasteiger partial charge in [-0.2, -0.15) is 0 Å². The standard InChI is InChI=1S/C13H23N3.ClH/c1-11-6-5-7-15-12(11)8-16(4)10-13(2,3)9-14;/h5-7H,8-10,14H2,1-4H3;1H. The maximum absolute atomic E-state index is 5.74. The molecule has 3 nitrogen and oxygen atoms in total. The molecule has 0 spiro atoms. The SMILES string of the molecule is Cc1cccnc1CN(C)CC(C)(C)CN.Cl. The van der Waals surface area contributed by atoms with Gasteiger partial charge in [-0.3, -0.25) is 9.88 Å². The molecule has 0 atom stereocenters. The van der Waals surface area contributed by atoms with E-state index in [0.717, 1.165) is 18.8 Å². The molecule has 17 heavy (non-hydrogen) atoms. The highest BCUT2D eigenvalue weighted by Gasteiger charge is 2.18. The number of halogens is 1. The lowest BCUT2D eigenvalue weighted by molar-refractivity contribution is 0.208. The third-order valence-corrected chi connectivity index (χ3v) is 2.79. The molecule has 1 rings (SSSR count). The van der Waals surface area contributed by atoms with E-state index in [2.05, 4.69) is 43.8 Å². The van der Waals surface area contributed by atoms with Gasteiger partial charge in [0, 0.05) is 19.3 Å². The molecule has 0 aliphatic rings. The Morgan fingerprint density at radius 1 is 1.41 bits per heavy atom. The average Bonchev–Trinajstić information content (AvgIpc) is 2.21. The maximum Gasteiger partial charge on any atom is 0.0572 e. The van der Waals surface area contributed by atoms with E-state index in [1.165, 1.54) is 5.56 Å². The topological polar surface area (TPSA) is 42.2 Å². The Labute approximate surface area is 111 Å². The minimum atomic E-state index is 0. The van der Waals surface area contributed by atoms with Crippen LogP contribution < -0.4 is 5.73 Å². The van der Waals surface area contributed by atoms with Gasteiger partial charge in [0.2, 0.25) is 0 Å². The zero-order chi connectivity index (χ0) is 12.2. The van der Waals surface area contributed by atoms with Gasteiger partial charge in [0.1, 0.15) is 0 Å². The quantitative estimate of drug-likeness (QED) is 0.880. The molecule has 0 bridgehead atoms. The van der Waals surface area contributed by atoms with Gasteiger partial charge in [-0.25, -0.2) is 0 Å². The minimum Gasteiger partial charge on any atom is -0.330 e. The second-order valence-corrected chi connectivity index (χ2v) is 5.31. The maximum atomic E-state index is 5.74. The average molecular weight is 258 g/mol. The largest absolute Gasteiger partial charge is 0.330 e. The van der Waals surface area contributed by atoms with Crippen LogP contribution in [-0.2, 0) is 6.54 Å². The Hall–Kier alpha value is -0.640. The molecule has 0 aliphatic carbocycles.